The lowest BCUT2D eigenvalue weighted by atomic mass is 9.92. The Morgan fingerprint density at radius 1 is 1.40 bits per heavy atom. The van der Waals surface area contributed by atoms with Gasteiger partial charge in [-0.1, -0.05) is 6.92 Å². The molecule has 8 heteroatoms. The first-order valence-corrected chi connectivity index (χ1v) is 8.29. The third-order valence-corrected chi connectivity index (χ3v) is 4.53. The number of anilines is 2. The van der Waals surface area contributed by atoms with E-state index in [0.717, 1.165) is 24.1 Å². The van der Waals surface area contributed by atoms with Gasteiger partial charge in [0.2, 0.25) is 0 Å². The molecule has 2 atom stereocenters. The number of nitrogens with one attached hydrogen (secondary N) is 2. The van der Waals surface area contributed by atoms with Crippen LogP contribution in [0, 0.1) is 12.8 Å². The fraction of sp³-hybridized carbons (Fsp3) is 0.412. The van der Waals surface area contributed by atoms with E-state index in [1.807, 2.05) is 6.07 Å². The lowest BCUT2D eigenvalue weighted by molar-refractivity contribution is -0.146. The lowest BCUT2D eigenvalue weighted by Crippen LogP contribution is -2.46. The van der Waals surface area contributed by atoms with E-state index in [0.29, 0.717) is 24.0 Å². The van der Waals surface area contributed by atoms with E-state index in [1.165, 1.54) is 6.20 Å². The third-order valence-electron chi connectivity index (χ3n) is 4.53. The minimum atomic E-state index is -0.676. The summed E-state index contributed by atoms with van der Waals surface area (Å²) in [6.45, 7) is 4.41. The molecule has 0 radical (unpaired) electrons. The van der Waals surface area contributed by atoms with Crippen molar-refractivity contribution in [3.8, 4) is 0 Å². The smallest absolute Gasteiger partial charge is 0.313 e. The van der Waals surface area contributed by atoms with Crippen LogP contribution in [-0.2, 0) is 9.59 Å². The van der Waals surface area contributed by atoms with Crippen molar-refractivity contribution < 1.29 is 9.59 Å². The summed E-state index contributed by atoms with van der Waals surface area (Å²) in [5, 5.41) is 9.48. The number of aromatic amines is 1. The minimum Gasteiger partial charge on any atom is -0.383 e. The van der Waals surface area contributed by atoms with Gasteiger partial charge in [-0.25, -0.2) is 4.98 Å². The van der Waals surface area contributed by atoms with Crippen LogP contribution in [-0.4, -0.2) is 38.4 Å². The molecule has 0 aromatic carbocycles. The summed E-state index contributed by atoms with van der Waals surface area (Å²) in [4.78, 5) is 30.8. The second-order valence-corrected chi connectivity index (χ2v) is 6.55. The molecule has 2 aromatic rings. The molecule has 1 saturated heterocycles. The summed E-state index contributed by atoms with van der Waals surface area (Å²) in [6.07, 6.45) is 4.89. The van der Waals surface area contributed by atoms with Gasteiger partial charge in [0.05, 0.1) is 23.6 Å². The van der Waals surface area contributed by atoms with E-state index < -0.39 is 11.8 Å². The van der Waals surface area contributed by atoms with Gasteiger partial charge in [-0.05, 0) is 43.4 Å². The van der Waals surface area contributed by atoms with Gasteiger partial charge in [-0.3, -0.25) is 14.7 Å². The van der Waals surface area contributed by atoms with E-state index in [-0.39, 0.29) is 6.04 Å². The predicted octanol–water partition coefficient (Wildman–Crippen LogP) is 1.63. The number of H-pyrrole nitrogens is 1. The SMILES string of the molecule is Cc1cc(NC(=O)C(=O)N2C[C@H](C)CC[C@H]2c2ccn[nH]2)cnc1N. The molecule has 2 aromatic heterocycles. The van der Waals surface area contributed by atoms with Crippen LogP contribution >= 0.6 is 0 Å². The first-order valence-electron chi connectivity index (χ1n) is 8.29. The Kier molecular flexibility index (Phi) is 4.69. The van der Waals surface area contributed by atoms with Crippen LogP contribution in [0.1, 0.15) is 37.1 Å². The number of nitrogens with two attached hydrogens (primary N) is 1. The molecule has 4 N–H and O–H groups in total. The molecule has 0 bridgehead atoms. The average Bonchev–Trinajstić information content (AvgIpc) is 3.11. The molecule has 8 nitrogen and oxygen atoms in total. The quantitative estimate of drug-likeness (QED) is 0.717. The molecule has 1 fully saturated rings. The second-order valence-electron chi connectivity index (χ2n) is 6.55. The van der Waals surface area contributed by atoms with Gasteiger partial charge >= 0.3 is 11.8 Å². The molecular formula is C17H22N6O2. The Balaban J connectivity index is 1.76. The highest BCUT2D eigenvalue weighted by atomic mass is 16.2. The van der Waals surface area contributed by atoms with Crippen molar-refractivity contribution in [1.82, 2.24) is 20.1 Å². The monoisotopic (exact) mass is 342 g/mol. The van der Waals surface area contributed by atoms with Gasteiger partial charge in [0, 0.05) is 12.7 Å². The van der Waals surface area contributed by atoms with Crippen LogP contribution in [0.2, 0.25) is 0 Å². The third kappa shape index (κ3) is 3.62. The topological polar surface area (TPSA) is 117 Å². The van der Waals surface area contributed by atoms with Gasteiger partial charge in [0.25, 0.3) is 0 Å². The largest absolute Gasteiger partial charge is 0.383 e. The highest BCUT2D eigenvalue weighted by molar-refractivity contribution is 6.39. The summed E-state index contributed by atoms with van der Waals surface area (Å²) in [5.74, 6) is -0.491. The van der Waals surface area contributed by atoms with E-state index >= 15 is 0 Å². The number of nitrogens with zero attached hydrogens (tertiary/aromatic N) is 3. The summed E-state index contributed by atoms with van der Waals surface area (Å²) < 4.78 is 0. The van der Waals surface area contributed by atoms with Crippen molar-refractivity contribution >= 4 is 23.3 Å². The van der Waals surface area contributed by atoms with Crippen molar-refractivity contribution in [3.63, 3.8) is 0 Å². The fourth-order valence-electron chi connectivity index (χ4n) is 3.12. The zero-order valence-electron chi connectivity index (χ0n) is 14.3. The van der Waals surface area contributed by atoms with E-state index in [4.69, 9.17) is 5.73 Å². The first kappa shape index (κ1) is 16.9. The normalized spacial score (nSPS) is 20.3. The molecule has 1 aliphatic heterocycles. The molecule has 132 valence electrons. The van der Waals surface area contributed by atoms with Gasteiger partial charge < -0.3 is 16.0 Å². The summed E-state index contributed by atoms with van der Waals surface area (Å²) in [5.41, 5.74) is 7.72. The van der Waals surface area contributed by atoms with Gasteiger partial charge in [-0.15, -0.1) is 0 Å². The number of rotatable bonds is 2. The molecular weight excluding hydrogens is 320 g/mol. The van der Waals surface area contributed by atoms with Crippen molar-refractivity contribution in [1.29, 1.82) is 0 Å². The van der Waals surface area contributed by atoms with Gasteiger partial charge in [0.15, 0.2) is 0 Å². The van der Waals surface area contributed by atoms with E-state index in [9.17, 15) is 9.59 Å². The Morgan fingerprint density at radius 2 is 2.20 bits per heavy atom. The number of hydrogen-bond acceptors (Lipinski definition) is 5. The zero-order chi connectivity index (χ0) is 18.0. The number of carbonyl (C=O) groups excluding carboxylic acids is 2. The van der Waals surface area contributed by atoms with Crippen LogP contribution in [0.15, 0.2) is 24.5 Å². The molecule has 3 heterocycles. The highest BCUT2D eigenvalue weighted by Crippen LogP contribution is 2.32. The number of hydrogen-bond donors (Lipinski definition) is 3. The first-order chi connectivity index (χ1) is 12.0. The summed E-state index contributed by atoms with van der Waals surface area (Å²) in [7, 11) is 0. The van der Waals surface area contributed by atoms with E-state index in [1.54, 1.807) is 24.1 Å². The summed E-state index contributed by atoms with van der Waals surface area (Å²) >= 11 is 0. The number of amides is 2. The maximum absolute atomic E-state index is 12.7. The zero-order valence-corrected chi connectivity index (χ0v) is 14.3. The van der Waals surface area contributed by atoms with Crippen molar-refractivity contribution in [3.05, 3.63) is 35.8 Å². The second kappa shape index (κ2) is 6.92. The molecule has 0 aliphatic carbocycles. The van der Waals surface area contributed by atoms with Crippen LogP contribution in [0.3, 0.4) is 0 Å². The standard InChI is InChI=1S/C17H22N6O2/c1-10-3-4-14(13-5-6-20-22-13)23(9-10)17(25)16(24)21-12-7-11(2)15(18)19-8-12/h5-8,10,14H,3-4,9H2,1-2H3,(H2,18,19)(H,20,22)(H,21,24)/t10-,14+/m1/s1. The minimum absolute atomic E-state index is 0.164. The van der Waals surface area contributed by atoms with Crippen LogP contribution in [0.5, 0.6) is 0 Å². The predicted molar refractivity (Wildman–Crippen MR) is 93.5 cm³/mol. The fourth-order valence-corrected chi connectivity index (χ4v) is 3.12. The number of pyridine rings is 1. The number of aromatic nitrogens is 3. The van der Waals surface area contributed by atoms with Crippen molar-refractivity contribution in [2.24, 2.45) is 5.92 Å². The Morgan fingerprint density at radius 3 is 2.88 bits per heavy atom. The Hall–Kier alpha value is -2.90. The van der Waals surface area contributed by atoms with Gasteiger partial charge in [-0.2, -0.15) is 5.10 Å². The molecule has 25 heavy (non-hydrogen) atoms. The molecule has 0 spiro atoms. The Bertz CT molecular complexity index is 773. The maximum Gasteiger partial charge on any atom is 0.313 e. The molecule has 2 amide bonds. The van der Waals surface area contributed by atoms with E-state index in [2.05, 4.69) is 27.4 Å². The molecule has 0 saturated carbocycles. The average molecular weight is 342 g/mol. The maximum atomic E-state index is 12.7. The van der Waals surface area contributed by atoms with Crippen LogP contribution in [0.4, 0.5) is 11.5 Å². The molecule has 1 aliphatic rings. The lowest BCUT2D eigenvalue weighted by Gasteiger charge is -2.37. The summed E-state index contributed by atoms with van der Waals surface area (Å²) in [6, 6.07) is 3.37. The number of piperidine rings is 1. The Labute approximate surface area is 145 Å². The van der Waals surface area contributed by atoms with Crippen molar-refractivity contribution in [2.45, 2.75) is 32.7 Å². The van der Waals surface area contributed by atoms with Crippen LogP contribution < -0.4 is 11.1 Å². The highest BCUT2D eigenvalue weighted by Gasteiger charge is 2.34. The molecule has 3 rings (SSSR count). The van der Waals surface area contributed by atoms with Crippen molar-refractivity contribution in [2.75, 3.05) is 17.6 Å². The number of aryl methyl sites for hydroxylation is 1. The number of carbonyl (C=O) groups is 2. The van der Waals surface area contributed by atoms with Crippen LogP contribution in [0.25, 0.3) is 0 Å². The number of nitrogen functional groups attached to an aromatic ring is 1. The van der Waals surface area contributed by atoms with Gasteiger partial charge in [0.1, 0.15) is 5.82 Å². The molecule has 0 unspecified atom stereocenters. The number of likely N-dealkylation sites (tertiary alicyclic amines) is 1.